The van der Waals surface area contributed by atoms with Crippen molar-refractivity contribution in [1.82, 2.24) is 0 Å². The lowest BCUT2D eigenvalue weighted by atomic mass is 10.1. The monoisotopic (exact) mass is 318 g/mol. The molecule has 0 saturated heterocycles. The minimum atomic E-state index is -0.558. The summed E-state index contributed by atoms with van der Waals surface area (Å²) in [6.07, 6.45) is 18.1. The molecule has 0 aliphatic rings. The van der Waals surface area contributed by atoms with E-state index in [1.54, 1.807) is 6.08 Å². The van der Waals surface area contributed by atoms with Crippen LogP contribution in [0.1, 0.15) is 46.5 Å². The van der Waals surface area contributed by atoms with Crippen LogP contribution in [-0.4, -0.2) is 24.1 Å². The summed E-state index contributed by atoms with van der Waals surface area (Å²) in [6.45, 7) is 4.74. The number of rotatable bonds is 10. The highest BCUT2D eigenvalue weighted by molar-refractivity contribution is 5.67. The van der Waals surface area contributed by atoms with E-state index in [9.17, 15) is 9.59 Å². The fourth-order valence-corrected chi connectivity index (χ4v) is 1.92. The van der Waals surface area contributed by atoms with Gasteiger partial charge in [-0.25, -0.2) is 0 Å². The van der Waals surface area contributed by atoms with Gasteiger partial charge in [-0.2, -0.15) is 0 Å². The van der Waals surface area contributed by atoms with Crippen molar-refractivity contribution in [3.8, 4) is 12.3 Å². The molecule has 0 aliphatic heterocycles. The summed E-state index contributed by atoms with van der Waals surface area (Å²) >= 11 is 0. The molecular weight excluding hydrogens is 292 g/mol. The number of carbonyl (C=O) groups is 2. The van der Waals surface area contributed by atoms with Crippen molar-refractivity contribution in [2.75, 3.05) is 0 Å². The smallest absolute Gasteiger partial charge is 0.303 e. The van der Waals surface area contributed by atoms with Crippen LogP contribution >= 0.6 is 0 Å². The number of terminal acetylenes is 1. The van der Waals surface area contributed by atoms with Crippen LogP contribution in [0.25, 0.3) is 0 Å². The molecule has 0 fully saturated rings. The van der Waals surface area contributed by atoms with Crippen LogP contribution in [0.15, 0.2) is 36.5 Å². The van der Waals surface area contributed by atoms with Crippen LogP contribution in [0.4, 0.5) is 0 Å². The van der Waals surface area contributed by atoms with Gasteiger partial charge in [-0.1, -0.05) is 43.2 Å². The summed E-state index contributed by atoms with van der Waals surface area (Å²) in [5, 5.41) is 0. The maximum absolute atomic E-state index is 11.3. The summed E-state index contributed by atoms with van der Waals surface area (Å²) in [5.74, 6) is 1.55. The molecule has 0 aromatic rings. The molecule has 0 amide bonds. The lowest BCUT2D eigenvalue weighted by Crippen LogP contribution is -2.33. The van der Waals surface area contributed by atoms with Gasteiger partial charge >= 0.3 is 11.9 Å². The zero-order valence-electron chi connectivity index (χ0n) is 14.2. The Morgan fingerprint density at radius 3 is 1.96 bits per heavy atom. The molecule has 0 heterocycles. The van der Waals surface area contributed by atoms with Gasteiger partial charge in [-0.15, -0.1) is 6.42 Å². The third-order valence-electron chi connectivity index (χ3n) is 2.84. The predicted molar refractivity (Wildman–Crippen MR) is 91.5 cm³/mol. The van der Waals surface area contributed by atoms with Crippen LogP contribution < -0.4 is 0 Å². The third kappa shape index (κ3) is 12.0. The van der Waals surface area contributed by atoms with Gasteiger partial charge in [0, 0.05) is 26.7 Å². The van der Waals surface area contributed by atoms with Gasteiger partial charge in [0.05, 0.1) is 0 Å². The van der Waals surface area contributed by atoms with Crippen molar-refractivity contribution < 1.29 is 19.1 Å². The van der Waals surface area contributed by atoms with Gasteiger partial charge in [-0.05, 0) is 18.9 Å². The van der Waals surface area contributed by atoms with Crippen molar-refractivity contribution in [2.45, 2.75) is 58.7 Å². The molecule has 126 valence electrons. The first-order chi connectivity index (χ1) is 11.0. The molecule has 0 bridgehead atoms. The molecule has 0 spiro atoms. The lowest BCUT2D eigenvalue weighted by molar-refractivity contribution is -0.164. The van der Waals surface area contributed by atoms with Crippen molar-refractivity contribution in [3.05, 3.63) is 36.5 Å². The van der Waals surface area contributed by atoms with Gasteiger partial charge in [0.2, 0.25) is 0 Å². The van der Waals surface area contributed by atoms with E-state index in [0.717, 1.165) is 12.8 Å². The molecule has 4 nitrogen and oxygen atoms in total. The highest BCUT2D eigenvalue weighted by Gasteiger charge is 2.25. The molecule has 0 radical (unpaired) electrons. The highest BCUT2D eigenvalue weighted by atomic mass is 16.6. The number of allylic oxidation sites excluding steroid dienone is 4. The van der Waals surface area contributed by atoms with Crippen LogP contribution in [0.3, 0.4) is 0 Å². The van der Waals surface area contributed by atoms with Gasteiger partial charge in [0.15, 0.2) is 0 Å². The Bertz CT molecular complexity index is 480. The largest absolute Gasteiger partial charge is 0.458 e. The normalized spacial score (nSPS) is 14.0. The van der Waals surface area contributed by atoms with Crippen molar-refractivity contribution >= 4 is 11.9 Å². The second-order valence-electron chi connectivity index (χ2n) is 4.92. The summed E-state index contributed by atoms with van der Waals surface area (Å²) in [4.78, 5) is 22.6. The molecule has 0 aromatic carbocycles. The standard InChI is InChI=1S/C19H26O4/c1-5-7-9-10-11-13-15-19(23-17(4)21)18(22-16(3)20)14-12-8-6-2/h2,7-9,11-13,18-19H,5,10,14-15H2,1,3-4H3/b9-7+,12-8-,13-11-/t18-,19+/m0/s1. The fraction of sp³-hybridized carbons (Fsp3) is 0.474. The van der Waals surface area contributed by atoms with E-state index < -0.39 is 24.1 Å². The second kappa shape index (κ2) is 13.4. The lowest BCUT2D eigenvalue weighted by Gasteiger charge is -2.24. The van der Waals surface area contributed by atoms with E-state index in [0.29, 0.717) is 12.8 Å². The number of ether oxygens (including phenoxy) is 2. The Morgan fingerprint density at radius 1 is 0.957 bits per heavy atom. The van der Waals surface area contributed by atoms with Crippen LogP contribution in [0.5, 0.6) is 0 Å². The highest BCUT2D eigenvalue weighted by Crippen LogP contribution is 2.15. The number of hydrogen-bond acceptors (Lipinski definition) is 4. The van der Waals surface area contributed by atoms with E-state index in [2.05, 4.69) is 25.0 Å². The average Bonchev–Trinajstić information content (AvgIpc) is 2.48. The quantitative estimate of drug-likeness (QED) is 0.350. The van der Waals surface area contributed by atoms with Gasteiger partial charge in [0.25, 0.3) is 0 Å². The molecule has 0 aromatic heterocycles. The van der Waals surface area contributed by atoms with E-state index >= 15 is 0 Å². The summed E-state index contributed by atoms with van der Waals surface area (Å²) in [7, 11) is 0. The zero-order valence-corrected chi connectivity index (χ0v) is 14.2. The summed E-state index contributed by atoms with van der Waals surface area (Å²) < 4.78 is 10.6. The van der Waals surface area contributed by atoms with Crippen LogP contribution in [-0.2, 0) is 19.1 Å². The first-order valence-corrected chi connectivity index (χ1v) is 7.76. The minimum absolute atomic E-state index is 0.394. The van der Waals surface area contributed by atoms with E-state index in [-0.39, 0.29) is 0 Å². The first kappa shape index (κ1) is 20.7. The zero-order chi connectivity index (χ0) is 17.5. The number of hydrogen-bond donors (Lipinski definition) is 0. The fourth-order valence-electron chi connectivity index (χ4n) is 1.92. The molecule has 4 heteroatoms. The van der Waals surface area contributed by atoms with Crippen molar-refractivity contribution in [2.24, 2.45) is 0 Å². The molecule has 0 rings (SSSR count). The maximum Gasteiger partial charge on any atom is 0.303 e. The van der Waals surface area contributed by atoms with Crippen LogP contribution in [0, 0.1) is 12.3 Å². The minimum Gasteiger partial charge on any atom is -0.458 e. The number of esters is 2. The first-order valence-electron chi connectivity index (χ1n) is 7.76. The van der Waals surface area contributed by atoms with Crippen LogP contribution in [0.2, 0.25) is 0 Å². The summed E-state index contributed by atoms with van der Waals surface area (Å²) in [5.41, 5.74) is 0. The molecule has 0 saturated carbocycles. The topological polar surface area (TPSA) is 52.6 Å². The Kier molecular flexibility index (Phi) is 12.1. The number of carbonyl (C=O) groups excluding carboxylic acids is 2. The third-order valence-corrected chi connectivity index (χ3v) is 2.84. The molecule has 0 unspecified atom stereocenters. The van der Waals surface area contributed by atoms with Crippen molar-refractivity contribution in [1.29, 1.82) is 0 Å². The Labute approximate surface area is 139 Å². The van der Waals surface area contributed by atoms with E-state index in [4.69, 9.17) is 15.9 Å². The van der Waals surface area contributed by atoms with Gasteiger partial charge < -0.3 is 9.47 Å². The van der Waals surface area contributed by atoms with E-state index in [1.807, 2.05) is 12.2 Å². The maximum atomic E-state index is 11.3. The van der Waals surface area contributed by atoms with Gasteiger partial charge in [-0.3, -0.25) is 9.59 Å². The Morgan fingerprint density at radius 2 is 1.48 bits per heavy atom. The molecule has 0 aliphatic carbocycles. The summed E-state index contributed by atoms with van der Waals surface area (Å²) in [6, 6.07) is 0. The van der Waals surface area contributed by atoms with E-state index in [1.165, 1.54) is 19.9 Å². The predicted octanol–water partition coefficient (Wildman–Crippen LogP) is 3.73. The van der Waals surface area contributed by atoms with Gasteiger partial charge in [0.1, 0.15) is 12.2 Å². The average molecular weight is 318 g/mol. The SMILES string of the molecule is C#C/C=C\C[C@H](OC(C)=O)[C@@H](C/C=C\C/C=C/CC)OC(C)=O. The second-order valence-corrected chi connectivity index (χ2v) is 4.92. The Hall–Kier alpha value is -2.28. The molecule has 0 N–H and O–H groups in total. The molecule has 23 heavy (non-hydrogen) atoms. The molecule has 2 atom stereocenters. The van der Waals surface area contributed by atoms with Crippen molar-refractivity contribution in [3.63, 3.8) is 0 Å². The Balaban J connectivity index is 4.85. The molecular formula is C19H26O4.